The Balaban J connectivity index is 1.98. The van der Waals surface area contributed by atoms with Gasteiger partial charge >= 0.3 is 0 Å². The van der Waals surface area contributed by atoms with Crippen LogP contribution in [0.5, 0.6) is 0 Å². The predicted molar refractivity (Wildman–Crippen MR) is 100 cm³/mol. The Labute approximate surface area is 150 Å². The summed E-state index contributed by atoms with van der Waals surface area (Å²) in [5.74, 6) is 0.0534. The molecule has 0 spiro atoms. The quantitative estimate of drug-likeness (QED) is 0.580. The minimum atomic E-state index is -3.81. The fraction of sp³-hybridized carbons (Fsp3) is 0.0526. The van der Waals surface area contributed by atoms with E-state index in [0.29, 0.717) is 11.2 Å². The number of hydrogen-bond acceptors (Lipinski definition) is 5. The van der Waals surface area contributed by atoms with Crippen LogP contribution in [0.15, 0.2) is 70.7 Å². The third-order valence-corrected chi connectivity index (χ3v) is 6.06. The van der Waals surface area contributed by atoms with Crippen molar-refractivity contribution < 1.29 is 8.42 Å². The van der Waals surface area contributed by atoms with Crippen LogP contribution in [0.4, 0.5) is 5.82 Å². The summed E-state index contributed by atoms with van der Waals surface area (Å²) in [7, 11) is -3.81. The van der Waals surface area contributed by atoms with E-state index in [9.17, 15) is 8.42 Å². The number of aromatic nitrogens is 3. The molecule has 0 atom stereocenters. The fourth-order valence-corrected chi connectivity index (χ4v) is 4.42. The average Bonchev–Trinajstić information content (AvgIpc) is 2.99. The molecule has 2 aromatic heterocycles. The summed E-state index contributed by atoms with van der Waals surface area (Å²) < 4.78 is 26.1. The largest absolute Gasteiger partial charge is 0.384 e. The van der Waals surface area contributed by atoms with Crippen molar-refractivity contribution in [2.24, 2.45) is 0 Å². The van der Waals surface area contributed by atoms with Crippen molar-refractivity contribution in [2.75, 3.05) is 5.73 Å². The molecule has 2 aromatic carbocycles. The zero-order valence-corrected chi connectivity index (χ0v) is 14.8. The Bertz CT molecular complexity index is 1200. The summed E-state index contributed by atoms with van der Waals surface area (Å²) in [6.45, 7) is 2.00. The highest BCUT2D eigenvalue weighted by molar-refractivity contribution is 7.92. The lowest BCUT2D eigenvalue weighted by molar-refractivity contribution is 0.597. The van der Waals surface area contributed by atoms with Crippen LogP contribution in [0.2, 0.25) is 0 Å². The minimum absolute atomic E-state index is 0.0190. The van der Waals surface area contributed by atoms with Crippen LogP contribution in [-0.4, -0.2) is 23.4 Å². The molecule has 4 rings (SSSR count). The first-order valence-electron chi connectivity index (χ1n) is 7.98. The molecule has 3 N–H and O–H groups in total. The van der Waals surface area contributed by atoms with Crippen molar-refractivity contribution in [1.82, 2.24) is 15.0 Å². The number of H-pyrrole nitrogens is 1. The lowest BCUT2D eigenvalue weighted by atomic mass is 10.1. The van der Waals surface area contributed by atoms with Crippen LogP contribution in [0.1, 0.15) is 5.56 Å². The van der Waals surface area contributed by atoms with Crippen LogP contribution >= 0.6 is 0 Å². The topological polar surface area (TPSA) is 102 Å². The summed E-state index contributed by atoms with van der Waals surface area (Å²) >= 11 is 0. The number of rotatable bonds is 3. The molecule has 0 aliphatic rings. The molecule has 0 saturated carbocycles. The van der Waals surface area contributed by atoms with Crippen molar-refractivity contribution in [3.63, 3.8) is 0 Å². The third-order valence-electron chi connectivity index (χ3n) is 4.21. The molecule has 0 aliphatic carbocycles. The van der Waals surface area contributed by atoms with E-state index in [4.69, 9.17) is 5.73 Å². The van der Waals surface area contributed by atoms with Gasteiger partial charge in [-0.3, -0.25) is 0 Å². The van der Waals surface area contributed by atoms with Crippen molar-refractivity contribution in [3.05, 3.63) is 66.5 Å². The molecule has 26 heavy (non-hydrogen) atoms. The number of fused-ring (bicyclic) bond motifs is 1. The van der Waals surface area contributed by atoms with Gasteiger partial charge in [-0.2, -0.15) is 0 Å². The number of nitrogens with two attached hydrogens (primary N) is 1. The Morgan fingerprint density at radius 3 is 2.35 bits per heavy atom. The number of aryl methyl sites for hydroxylation is 1. The summed E-state index contributed by atoms with van der Waals surface area (Å²) in [5.41, 5.74) is 9.42. The second-order valence-corrected chi connectivity index (χ2v) is 7.88. The van der Waals surface area contributed by atoms with E-state index in [0.717, 1.165) is 11.1 Å². The van der Waals surface area contributed by atoms with E-state index in [-0.39, 0.29) is 21.1 Å². The molecular formula is C19H16N4O2S. The van der Waals surface area contributed by atoms with Gasteiger partial charge < -0.3 is 10.7 Å². The Morgan fingerprint density at radius 2 is 1.65 bits per heavy atom. The van der Waals surface area contributed by atoms with Crippen molar-refractivity contribution in [3.8, 4) is 11.3 Å². The van der Waals surface area contributed by atoms with Gasteiger partial charge in [-0.05, 0) is 19.1 Å². The number of hydrogen-bond donors (Lipinski definition) is 2. The van der Waals surface area contributed by atoms with Crippen LogP contribution in [0, 0.1) is 6.92 Å². The van der Waals surface area contributed by atoms with Gasteiger partial charge in [-0.1, -0.05) is 48.0 Å². The number of nitrogens with zero attached hydrogens (tertiary/aromatic N) is 2. The van der Waals surface area contributed by atoms with Crippen molar-refractivity contribution in [2.45, 2.75) is 16.7 Å². The van der Waals surface area contributed by atoms with Crippen molar-refractivity contribution in [1.29, 1.82) is 0 Å². The van der Waals surface area contributed by atoms with E-state index in [1.165, 1.54) is 18.5 Å². The van der Waals surface area contributed by atoms with E-state index in [2.05, 4.69) is 15.0 Å². The zero-order chi connectivity index (χ0) is 18.3. The minimum Gasteiger partial charge on any atom is -0.384 e. The van der Waals surface area contributed by atoms with Gasteiger partial charge in [0.15, 0.2) is 0 Å². The van der Waals surface area contributed by atoms with Crippen LogP contribution in [-0.2, 0) is 9.84 Å². The number of anilines is 1. The highest BCUT2D eigenvalue weighted by Crippen LogP contribution is 2.35. The first-order chi connectivity index (χ1) is 12.5. The molecule has 7 heteroatoms. The lowest BCUT2D eigenvalue weighted by Crippen LogP contribution is -2.04. The predicted octanol–water partition coefficient (Wildman–Crippen LogP) is 3.35. The maximum Gasteiger partial charge on any atom is 0.212 e. The van der Waals surface area contributed by atoms with Crippen LogP contribution in [0.25, 0.3) is 22.3 Å². The van der Waals surface area contributed by atoms with Gasteiger partial charge in [0, 0.05) is 5.56 Å². The van der Waals surface area contributed by atoms with Gasteiger partial charge in [0.2, 0.25) is 9.84 Å². The first-order valence-corrected chi connectivity index (χ1v) is 9.46. The van der Waals surface area contributed by atoms with Crippen molar-refractivity contribution >= 4 is 26.7 Å². The molecule has 0 saturated heterocycles. The summed E-state index contributed by atoms with van der Waals surface area (Å²) in [4.78, 5) is 11.6. The Kier molecular flexibility index (Phi) is 3.73. The van der Waals surface area contributed by atoms with E-state index >= 15 is 0 Å². The van der Waals surface area contributed by atoms with E-state index in [1.54, 1.807) is 18.2 Å². The highest BCUT2D eigenvalue weighted by Gasteiger charge is 2.27. The second-order valence-electron chi connectivity index (χ2n) is 6.00. The van der Waals surface area contributed by atoms with E-state index in [1.807, 2.05) is 31.2 Å². The van der Waals surface area contributed by atoms with E-state index < -0.39 is 9.84 Å². The number of sulfone groups is 1. The molecule has 0 amide bonds. The van der Waals surface area contributed by atoms with Crippen LogP contribution < -0.4 is 5.73 Å². The molecule has 2 heterocycles. The Morgan fingerprint density at radius 1 is 0.962 bits per heavy atom. The number of benzene rings is 2. The molecule has 0 unspecified atom stereocenters. The highest BCUT2D eigenvalue weighted by atomic mass is 32.2. The van der Waals surface area contributed by atoms with Gasteiger partial charge in [-0.15, -0.1) is 0 Å². The molecule has 0 fully saturated rings. The monoisotopic (exact) mass is 364 g/mol. The summed E-state index contributed by atoms with van der Waals surface area (Å²) in [6, 6.07) is 16.0. The standard InChI is InChI=1S/C19H16N4O2S/c1-12-7-9-13(10-8-12)15-16-17(22-11-21-15)18(19(20)23-16)26(24,25)14-5-3-2-4-6-14/h2-11,23H,20H2,1H3. The molecule has 0 radical (unpaired) electrons. The normalized spacial score (nSPS) is 11.7. The smallest absolute Gasteiger partial charge is 0.212 e. The maximum absolute atomic E-state index is 13.1. The fourth-order valence-electron chi connectivity index (χ4n) is 2.91. The average molecular weight is 364 g/mol. The summed E-state index contributed by atoms with van der Waals surface area (Å²) in [5, 5.41) is 0. The molecule has 130 valence electrons. The number of nitrogen functional groups attached to an aromatic ring is 1. The SMILES string of the molecule is Cc1ccc(-c2ncnc3c(S(=O)(=O)c4ccccc4)c(N)[nH]c23)cc1. The van der Waals surface area contributed by atoms with Gasteiger partial charge in [0.05, 0.1) is 16.1 Å². The molecule has 0 bridgehead atoms. The van der Waals surface area contributed by atoms with Gasteiger partial charge in [-0.25, -0.2) is 18.4 Å². The molecule has 4 aromatic rings. The molecule has 0 aliphatic heterocycles. The lowest BCUT2D eigenvalue weighted by Gasteiger charge is -2.05. The van der Waals surface area contributed by atoms with Gasteiger partial charge in [0.25, 0.3) is 0 Å². The van der Waals surface area contributed by atoms with Crippen LogP contribution in [0.3, 0.4) is 0 Å². The maximum atomic E-state index is 13.1. The number of aromatic amines is 1. The summed E-state index contributed by atoms with van der Waals surface area (Å²) in [6.07, 6.45) is 1.36. The Hall–Kier alpha value is -3.19. The molecular weight excluding hydrogens is 348 g/mol. The molecule has 6 nitrogen and oxygen atoms in total. The number of nitrogens with one attached hydrogen (secondary N) is 1. The second kappa shape index (κ2) is 5.96. The first kappa shape index (κ1) is 16.3. The zero-order valence-electron chi connectivity index (χ0n) is 14.0. The van der Waals surface area contributed by atoms with Gasteiger partial charge in [0.1, 0.15) is 22.6 Å². The third kappa shape index (κ3) is 2.53.